The van der Waals surface area contributed by atoms with E-state index in [1.807, 2.05) is 0 Å². The summed E-state index contributed by atoms with van der Waals surface area (Å²) < 4.78 is 33.0. The van der Waals surface area contributed by atoms with Gasteiger partial charge in [0.05, 0.1) is 11.4 Å². The summed E-state index contributed by atoms with van der Waals surface area (Å²) in [6.07, 6.45) is 4.18. The summed E-state index contributed by atoms with van der Waals surface area (Å²) >= 11 is 0. The van der Waals surface area contributed by atoms with Crippen molar-refractivity contribution in [3.63, 3.8) is 0 Å². The number of rotatable bonds is 5. The van der Waals surface area contributed by atoms with E-state index in [9.17, 15) is 13.2 Å². The highest BCUT2D eigenvalue weighted by Crippen LogP contribution is 2.24. The van der Waals surface area contributed by atoms with E-state index in [0.717, 1.165) is 6.42 Å². The second kappa shape index (κ2) is 7.79. The minimum atomic E-state index is -3.62. The zero-order chi connectivity index (χ0) is 18.6. The van der Waals surface area contributed by atoms with Gasteiger partial charge in [0, 0.05) is 31.4 Å². The molecule has 1 saturated heterocycles. The average molecular weight is 376 g/mol. The van der Waals surface area contributed by atoms with E-state index in [0.29, 0.717) is 24.5 Å². The molecule has 1 N–H and O–H groups in total. The van der Waals surface area contributed by atoms with E-state index in [-0.39, 0.29) is 23.5 Å². The highest BCUT2D eigenvalue weighted by atomic mass is 32.2. The minimum Gasteiger partial charge on any atom is -0.473 e. The summed E-state index contributed by atoms with van der Waals surface area (Å²) in [5.41, 5.74) is 0.556. The van der Waals surface area contributed by atoms with Crippen molar-refractivity contribution in [2.24, 2.45) is 0 Å². The molecule has 1 amide bonds. The molecule has 0 aliphatic carbocycles. The van der Waals surface area contributed by atoms with Crippen LogP contribution in [0, 0.1) is 0 Å². The Morgan fingerprint density at radius 3 is 2.69 bits per heavy atom. The Hall–Kier alpha value is -2.52. The molecule has 0 bridgehead atoms. The molecule has 26 heavy (non-hydrogen) atoms. The highest BCUT2D eigenvalue weighted by Gasteiger charge is 2.31. The molecule has 2 aromatic rings. The van der Waals surface area contributed by atoms with E-state index >= 15 is 0 Å². The normalized spacial score (nSPS) is 18.3. The molecule has 1 aliphatic heterocycles. The van der Waals surface area contributed by atoms with E-state index in [1.54, 1.807) is 24.4 Å². The molecule has 1 fully saturated rings. The van der Waals surface area contributed by atoms with Crippen LogP contribution in [0.25, 0.3) is 0 Å². The van der Waals surface area contributed by atoms with E-state index in [1.165, 1.54) is 29.7 Å². The molecule has 9 heteroatoms. The van der Waals surface area contributed by atoms with Crippen molar-refractivity contribution in [1.29, 1.82) is 0 Å². The lowest BCUT2D eigenvalue weighted by atomic mass is 10.1. The van der Waals surface area contributed by atoms with Crippen LogP contribution in [-0.4, -0.2) is 47.8 Å². The maximum Gasteiger partial charge on any atom is 0.243 e. The summed E-state index contributed by atoms with van der Waals surface area (Å²) in [5, 5.41) is 2.62. The SMILES string of the molecule is CC(=O)Nc1ccc(S(=O)(=O)N2CCCC(Oc3ccncn3)C2)cc1. The maximum atomic E-state index is 12.9. The lowest BCUT2D eigenvalue weighted by Crippen LogP contribution is -2.44. The third-order valence-corrected chi connectivity index (χ3v) is 5.87. The van der Waals surface area contributed by atoms with Gasteiger partial charge in [0.2, 0.25) is 21.8 Å². The first-order chi connectivity index (χ1) is 12.4. The van der Waals surface area contributed by atoms with Crippen molar-refractivity contribution in [1.82, 2.24) is 14.3 Å². The first kappa shape index (κ1) is 18.3. The lowest BCUT2D eigenvalue weighted by Gasteiger charge is -2.31. The number of carbonyl (C=O) groups excluding carboxylic acids is 1. The molecule has 1 aromatic heterocycles. The highest BCUT2D eigenvalue weighted by molar-refractivity contribution is 7.89. The van der Waals surface area contributed by atoms with Gasteiger partial charge in [-0.05, 0) is 37.1 Å². The first-order valence-electron chi connectivity index (χ1n) is 8.25. The maximum absolute atomic E-state index is 12.9. The van der Waals surface area contributed by atoms with Crippen molar-refractivity contribution in [3.05, 3.63) is 42.9 Å². The number of ether oxygens (including phenoxy) is 1. The molecule has 1 aromatic carbocycles. The minimum absolute atomic E-state index is 0.189. The summed E-state index contributed by atoms with van der Waals surface area (Å²) in [6, 6.07) is 7.79. The topological polar surface area (TPSA) is 101 Å². The van der Waals surface area contributed by atoms with Gasteiger partial charge in [-0.15, -0.1) is 0 Å². The van der Waals surface area contributed by atoms with E-state index in [4.69, 9.17) is 4.74 Å². The molecule has 0 saturated carbocycles. The number of amides is 1. The van der Waals surface area contributed by atoms with Crippen LogP contribution >= 0.6 is 0 Å². The molecule has 8 nitrogen and oxygen atoms in total. The van der Waals surface area contributed by atoms with Crippen molar-refractivity contribution >= 4 is 21.6 Å². The Bertz CT molecular complexity index is 856. The van der Waals surface area contributed by atoms with Gasteiger partial charge in [0.1, 0.15) is 12.4 Å². The number of carbonyl (C=O) groups is 1. The second-order valence-corrected chi connectivity index (χ2v) is 7.94. The predicted octanol–water partition coefficient (Wildman–Crippen LogP) is 1.67. The van der Waals surface area contributed by atoms with Crippen LogP contribution in [-0.2, 0) is 14.8 Å². The third kappa shape index (κ3) is 4.36. The monoisotopic (exact) mass is 376 g/mol. The number of piperidine rings is 1. The van der Waals surface area contributed by atoms with Gasteiger partial charge in [-0.2, -0.15) is 4.31 Å². The molecule has 138 valence electrons. The summed E-state index contributed by atoms with van der Waals surface area (Å²) in [5.74, 6) is 0.227. The lowest BCUT2D eigenvalue weighted by molar-refractivity contribution is -0.114. The van der Waals surface area contributed by atoms with Crippen LogP contribution in [0.15, 0.2) is 47.8 Å². The van der Waals surface area contributed by atoms with Gasteiger partial charge in [0.25, 0.3) is 0 Å². The quantitative estimate of drug-likeness (QED) is 0.852. The number of anilines is 1. The molecular weight excluding hydrogens is 356 g/mol. The smallest absolute Gasteiger partial charge is 0.243 e. The number of hydrogen-bond donors (Lipinski definition) is 1. The second-order valence-electron chi connectivity index (χ2n) is 6.00. The predicted molar refractivity (Wildman–Crippen MR) is 95.2 cm³/mol. The molecule has 1 atom stereocenters. The number of sulfonamides is 1. The Kier molecular flexibility index (Phi) is 5.48. The molecular formula is C17H20N4O4S. The van der Waals surface area contributed by atoms with Crippen LogP contribution in [0.5, 0.6) is 5.88 Å². The number of aromatic nitrogens is 2. The average Bonchev–Trinajstić information content (AvgIpc) is 2.63. The van der Waals surface area contributed by atoms with Gasteiger partial charge in [0.15, 0.2) is 0 Å². The molecule has 0 spiro atoms. The van der Waals surface area contributed by atoms with Gasteiger partial charge >= 0.3 is 0 Å². The van der Waals surface area contributed by atoms with Crippen molar-refractivity contribution in [2.45, 2.75) is 30.8 Å². The van der Waals surface area contributed by atoms with Crippen LogP contribution in [0.4, 0.5) is 5.69 Å². The Morgan fingerprint density at radius 1 is 1.27 bits per heavy atom. The van der Waals surface area contributed by atoms with Crippen molar-refractivity contribution < 1.29 is 17.9 Å². The Labute approximate surface area is 152 Å². The molecule has 3 rings (SSSR count). The zero-order valence-electron chi connectivity index (χ0n) is 14.3. The summed E-state index contributed by atoms with van der Waals surface area (Å²) in [7, 11) is -3.62. The van der Waals surface area contributed by atoms with Gasteiger partial charge in [-0.25, -0.2) is 18.4 Å². The fourth-order valence-corrected chi connectivity index (χ4v) is 4.31. The van der Waals surface area contributed by atoms with E-state index < -0.39 is 10.0 Å². The largest absolute Gasteiger partial charge is 0.473 e. The fraction of sp³-hybridized carbons (Fsp3) is 0.353. The summed E-state index contributed by atoms with van der Waals surface area (Å²) in [6.45, 7) is 2.11. The molecule has 1 unspecified atom stereocenters. The van der Waals surface area contributed by atoms with Crippen molar-refractivity contribution in [2.75, 3.05) is 18.4 Å². The van der Waals surface area contributed by atoms with Crippen LogP contribution in [0.2, 0.25) is 0 Å². The zero-order valence-corrected chi connectivity index (χ0v) is 15.1. The number of nitrogens with zero attached hydrogens (tertiary/aromatic N) is 3. The standard InChI is InChI=1S/C17H20N4O4S/c1-13(22)20-14-4-6-16(7-5-14)26(23,24)21-10-2-3-15(11-21)25-17-8-9-18-12-19-17/h4-9,12,15H,2-3,10-11H2,1H3,(H,20,22). The number of nitrogens with one attached hydrogen (secondary N) is 1. The Balaban J connectivity index is 1.71. The molecule has 1 aliphatic rings. The van der Waals surface area contributed by atoms with Gasteiger partial charge < -0.3 is 10.1 Å². The van der Waals surface area contributed by atoms with E-state index in [2.05, 4.69) is 15.3 Å². The molecule has 2 heterocycles. The van der Waals surface area contributed by atoms with Gasteiger partial charge in [-0.3, -0.25) is 4.79 Å². The molecule has 0 radical (unpaired) electrons. The van der Waals surface area contributed by atoms with Crippen LogP contribution < -0.4 is 10.1 Å². The number of hydrogen-bond acceptors (Lipinski definition) is 6. The van der Waals surface area contributed by atoms with Crippen molar-refractivity contribution in [3.8, 4) is 5.88 Å². The fourth-order valence-electron chi connectivity index (χ4n) is 2.80. The first-order valence-corrected chi connectivity index (χ1v) is 9.69. The van der Waals surface area contributed by atoms with Gasteiger partial charge in [-0.1, -0.05) is 0 Å². The Morgan fingerprint density at radius 2 is 2.04 bits per heavy atom. The summed E-state index contributed by atoms with van der Waals surface area (Å²) in [4.78, 5) is 19.1. The van der Waals surface area contributed by atoms with Crippen LogP contribution in [0.1, 0.15) is 19.8 Å². The van der Waals surface area contributed by atoms with Crippen LogP contribution in [0.3, 0.4) is 0 Å². The number of benzene rings is 1. The third-order valence-electron chi connectivity index (χ3n) is 4.00.